The Hall–Kier alpha value is -3.79. The summed E-state index contributed by atoms with van der Waals surface area (Å²) < 4.78 is 14.3. The quantitative estimate of drug-likeness (QED) is 0.290. The highest BCUT2D eigenvalue weighted by atomic mass is 35.5. The number of pyridine rings is 2. The zero-order valence-corrected chi connectivity index (χ0v) is 24.1. The predicted molar refractivity (Wildman–Crippen MR) is 159 cm³/mol. The van der Waals surface area contributed by atoms with E-state index in [4.69, 9.17) is 26.1 Å². The van der Waals surface area contributed by atoms with Gasteiger partial charge in [-0.3, -0.25) is 9.88 Å². The minimum atomic E-state index is -1.04. The lowest BCUT2D eigenvalue weighted by molar-refractivity contribution is -0.0593. The van der Waals surface area contributed by atoms with Gasteiger partial charge in [0.1, 0.15) is 17.1 Å². The van der Waals surface area contributed by atoms with Crippen LogP contribution in [0.5, 0.6) is 5.75 Å². The third-order valence-electron chi connectivity index (χ3n) is 8.59. The van der Waals surface area contributed by atoms with Crippen molar-refractivity contribution in [2.45, 2.75) is 57.4 Å². The van der Waals surface area contributed by atoms with E-state index in [1.165, 1.54) is 11.6 Å². The second-order valence-electron chi connectivity index (χ2n) is 11.3. The van der Waals surface area contributed by atoms with Crippen molar-refractivity contribution in [3.8, 4) is 5.75 Å². The molecule has 0 saturated carbocycles. The van der Waals surface area contributed by atoms with Gasteiger partial charge in [0.2, 0.25) is 0 Å². The molecule has 216 valence electrons. The van der Waals surface area contributed by atoms with Crippen LogP contribution in [0.3, 0.4) is 0 Å². The molecule has 2 unspecified atom stereocenters. The topological polar surface area (TPSA) is 103 Å². The Labute approximate surface area is 248 Å². The fourth-order valence-corrected chi connectivity index (χ4v) is 6.44. The second-order valence-corrected chi connectivity index (χ2v) is 11.8. The average molecular weight is 586 g/mol. The molecule has 1 aromatic carbocycles. The van der Waals surface area contributed by atoms with Gasteiger partial charge in [-0.25, -0.2) is 14.8 Å². The van der Waals surface area contributed by atoms with Crippen LogP contribution in [0.15, 0.2) is 48.7 Å². The van der Waals surface area contributed by atoms with Gasteiger partial charge in [-0.1, -0.05) is 35.9 Å². The summed E-state index contributed by atoms with van der Waals surface area (Å²) in [5, 5.41) is 10.1. The fourth-order valence-electron chi connectivity index (χ4n) is 6.23. The summed E-state index contributed by atoms with van der Waals surface area (Å²) in [5.74, 6) is 1.18. The van der Waals surface area contributed by atoms with Gasteiger partial charge in [-0.2, -0.15) is 0 Å². The van der Waals surface area contributed by atoms with E-state index >= 15 is 0 Å². The van der Waals surface area contributed by atoms with Gasteiger partial charge in [-0.15, -0.1) is 0 Å². The van der Waals surface area contributed by atoms with E-state index in [1.54, 1.807) is 12.3 Å². The SMILES string of the molecule is Cc1cc(Cl)cnc1C1C=Cc2cccc(C3CCN(Cc4nc5ccc(C(=O)O)nc5n4CC4CCO4)CC3)c2O1. The first kappa shape index (κ1) is 27.1. The zero-order valence-electron chi connectivity index (χ0n) is 23.4. The lowest BCUT2D eigenvalue weighted by Gasteiger charge is -2.34. The highest BCUT2D eigenvalue weighted by Gasteiger charge is 2.29. The Kier molecular flexibility index (Phi) is 7.17. The maximum absolute atomic E-state index is 11.6. The first-order valence-corrected chi connectivity index (χ1v) is 14.8. The van der Waals surface area contributed by atoms with Crippen LogP contribution in [0.2, 0.25) is 5.02 Å². The molecule has 2 fully saturated rings. The lowest BCUT2D eigenvalue weighted by Crippen LogP contribution is -2.35. The number of likely N-dealkylation sites (tertiary alicyclic amines) is 1. The Balaban J connectivity index is 1.08. The molecular formula is C32H32ClN5O4. The number of hydrogen-bond donors (Lipinski definition) is 1. The van der Waals surface area contributed by atoms with E-state index in [1.807, 2.05) is 13.0 Å². The minimum Gasteiger partial charge on any atom is -0.479 e. The maximum Gasteiger partial charge on any atom is 0.354 e. The molecular weight excluding hydrogens is 554 g/mol. The van der Waals surface area contributed by atoms with Crippen LogP contribution in [0.1, 0.15) is 70.0 Å². The molecule has 0 amide bonds. The van der Waals surface area contributed by atoms with Crippen molar-refractivity contribution < 1.29 is 19.4 Å². The lowest BCUT2D eigenvalue weighted by atomic mass is 9.87. The van der Waals surface area contributed by atoms with Crippen molar-refractivity contribution in [1.29, 1.82) is 0 Å². The largest absolute Gasteiger partial charge is 0.479 e. The molecule has 42 heavy (non-hydrogen) atoms. The summed E-state index contributed by atoms with van der Waals surface area (Å²) in [6.45, 7) is 5.91. The van der Waals surface area contributed by atoms with E-state index in [-0.39, 0.29) is 17.9 Å². The van der Waals surface area contributed by atoms with Crippen LogP contribution in [0, 0.1) is 6.92 Å². The van der Waals surface area contributed by atoms with Crippen molar-refractivity contribution >= 4 is 34.8 Å². The Bertz CT molecular complexity index is 1690. The maximum atomic E-state index is 11.6. The summed E-state index contributed by atoms with van der Waals surface area (Å²) in [5.41, 5.74) is 5.58. The van der Waals surface area contributed by atoms with Crippen LogP contribution in [-0.2, 0) is 17.8 Å². The van der Waals surface area contributed by atoms with Crippen LogP contribution in [0.4, 0.5) is 0 Å². The molecule has 0 aliphatic carbocycles. The Morgan fingerprint density at radius 1 is 1.14 bits per heavy atom. The van der Waals surface area contributed by atoms with Gasteiger partial charge in [0, 0.05) is 18.4 Å². The molecule has 0 radical (unpaired) electrons. The number of para-hydroxylation sites is 1. The molecule has 0 bridgehead atoms. The summed E-state index contributed by atoms with van der Waals surface area (Å²) in [6.07, 6.45) is 8.71. The van der Waals surface area contributed by atoms with Crippen molar-refractivity contribution in [3.05, 3.63) is 87.6 Å². The molecule has 10 heteroatoms. The number of aryl methyl sites for hydroxylation is 1. The van der Waals surface area contributed by atoms with E-state index in [9.17, 15) is 9.90 Å². The molecule has 2 saturated heterocycles. The first-order chi connectivity index (χ1) is 20.4. The molecule has 3 aliphatic heterocycles. The van der Waals surface area contributed by atoms with Gasteiger partial charge in [-0.05, 0) is 80.6 Å². The number of hydrogen-bond acceptors (Lipinski definition) is 7. The summed E-state index contributed by atoms with van der Waals surface area (Å²) in [7, 11) is 0. The third kappa shape index (κ3) is 5.17. The number of aromatic carboxylic acids is 1. The molecule has 6 heterocycles. The normalized spacial score (nSPS) is 20.7. The molecule has 2 atom stereocenters. The van der Waals surface area contributed by atoms with Gasteiger partial charge >= 0.3 is 5.97 Å². The van der Waals surface area contributed by atoms with Gasteiger partial charge in [0.05, 0.1) is 29.9 Å². The highest BCUT2D eigenvalue weighted by molar-refractivity contribution is 6.30. The molecule has 1 N–H and O–H groups in total. The number of piperidine rings is 1. The number of rotatable bonds is 7. The van der Waals surface area contributed by atoms with Crippen molar-refractivity contribution in [3.63, 3.8) is 0 Å². The highest BCUT2D eigenvalue weighted by Crippen LogP contribution is 2.42. The number of fused-ring (bicyclic) bond motifs is 2. The predicted octanol–water partition coefficient (Wildman–Crippen LogP) is 5.80. The van der Waals surface area contributed by atoms with Gasteiger partial charge in [0.25, 0.3) is 0 Å². The monoisotopic (exact) mass is 585 g/mol. The van der Waals surface area contributed by atoms with Crippen molar-refractivity contribution in [2.75, 3.05) is 19.7 Å². The number of benzene rings is 1. The second kappa shape index (κ2) is 11.1. The average Bonchev–Trinajstić information content (AvgIpc) is 3.30. The van der Waals surface area contributed by atoms with E-state index < -0.39 is 5.97 Å². The first-order valence-electron chi connectivity index (χ1n) is 14.5. The summed E-state index contributed by atoms with van der Waals surface area (Å²) >= 11 is 6.14. The van der Waals surface area contributed by atoms with E-state index in [0.717, 1.165) is 67.4 Å². The van der Waals surface area contributed by atoms with Gasteiger partial charge < -0.3 is 19.1 Å². The number of nitrogens with zero attached hydrogens (tertiary/aromatic N) is 5. The summed E-state index contributed by atoms with van der Waals surface area (Å²) in [6, 6.07) is 11.6. The smallest absolute Gasteiger partial charge is 0.354 e. The third-order valence-corrected chi connectivity index (χ3v) is 8.80. The molecule has 7 rings (SSSR count). The zero-order chi connectivity index (χ0) is 28.8. The fraction of sp³-hybridized carbons (Fsp3) is 0.375. The van der Waals surface area contributed by atoms with Crippen LogP contribution >= 0.6 is 11.6 Å². The van der Waals surface area contributed by atoms with Gasteiger partial charge in [0.15, 0.2) is 17.4 Å². The summed E-state index contributed by atoms with van der Waals surface area (Å²) in [4.78, 5) is 27.9. The molecule has 9 nitrogen and oxygen atoms in total. The minimum absolute atomic E-state index is 0.0260. The molecule has 3 aromatic heterocycles. The number of halogens is 1. The number of aromatic nitrogens is 4. The number of carboxylic acid groups (broad SMARTS) is 1. The van der Waals surface area contributed by atoms with Crippen LogP contribution in [0.25, 0.3) is 17.2 Å². The molecule has 3 aliphatic rings. The van der Waals surface area contributed by atoms with E-state index in [2.05, 4.69) is 49.8 Å². The number of imidazole rings is 1. The molecule has 0 spiro atoms. The Morgan fingerprint density at radius 2 is 1.98 bits per heavy atom. The number of ether oxygens (including phenoxy) is 2. The standard InChI is InChI=1S/C32H32ClN5O4/c1-19-15-22(33)16-34-29(19)27-8-5-21-3-2-4-24(30(21)42-27)20-9-12-37(13-10-20)18-28-35-25-6-7-26(32(39)40)36-31(25)38(28)17-23-11-14-41-23/h2-8,15-16,20,23,27H,9-14,17-18H2,1H3,(H,39,40). The van der Waals surface area contributed by atoms with Crippen molar-refractivity contribution in [2.24, 2.45) is 0 Å². The number of carboxylic acids is 1. The molecule has 4 aromatic rings. The van der Waals surface area contributed by atoms with Crippen LogP contribution in [-0.4, -0.2) is 61.3 Å². The van der Waals surface area contributed by atoms with E-state index in [0.29, 0.717) is 35.2 Å². The Morgan fingerprint density at radius 3 is 2.71 bits per heavy atom. The van der Waals surface area contributed by atoms with Crippen molar-refractivity contribution in [1.82, 2.24) is 24.4 Å². The number of carbonyl (C=O) groups is 1. The van der Waals surface area contributed by atoms with Crippen LogP contribution < -0.4 is 4.74 Å².